The van der Waals surface area contributed by atoms with Gasteiger partial charge in [-0.25, -0.2) is 4.98 Å². The van der Waals surface area contributed by atoms with Crippen LogP contribution in [0.1, 0.15) is 31.5 Å². The Morgan fingerprint density at radius 2 is 2.00 bits per heavy atom. The zero-order valence-electron chi connectivity index (χ0n) is 11.3. The molecule has 3 nitrogen and oxygen atoms in total. The van der Waals surface area contributed by atoms with Gasteiger partial charge in [0.25, 0.3) is 0 Å². The van der Waals surface area contributed by atoms with E-state index in [0.717, 1.165) is 10.7 Å². The van der Waals surface area contributed by atoms with E-state index in [1.54, 1.807) is 0 Å². The van der Waals surface area contributed by atoms with Gasteiger partial charge in [-0.1, -0.05) is 0 Å². The third-order valence-corrected chi connectivity index (χ3v) is 3.08. The summed E-state index contributed by atoms with van der Waals surface area (Å²) in [6.45, 7) is 5.68. The third-order valence-electron chi connectivity index (χ3n) is 2.13. The molecule has 1 aromatic rings. The van der Waals surface area contributed by atoms with Crippen molar-refractivity contribution in [2.75, 3.05) is 13.2 Å². The molecule has 0 aromatic carbocycles. The van der Waals surface area contributed by atoms with E-state index >= 15 is 0 Å². The molecule has 0 aliphatic rings. The van der Waals surface area contributed by atoms with Crippen LogP contribution in [-0.2, 0) is 17.7 Å². The minimum absolute atomic E-state index is 0.0135. The van der Waals surface area contributed by atoms with Crippen LogP contribution >= 0.6 is 11.3 Å². The van der Waals surface area contributed by atoms with E-state index in [2.05, 4.69) is 35.8 Å². The largest absolute Gasteiger partial charge is 0.411 e. The number of thiazole rings is 1. The first-order valence-electron chi connectivity index (χ1n) is 5.98. The van der Waals surface area contributed by atoms with Gasteiger partial charge >= 0.3 is 6.18 Å². The quantitative estimate of drug-likeness (QED) is 0.819. The highest BCUT2D eigenvalue weighted by Crippen LogP contribution is 2.15. The van der Waals surface area contributed by atoms with E-state index in [9.17, 15) is 13.2 Å². The lowest BCUT2D eigenvalue weighted by molar-refractivity contribution is -0.173. The lowest BCUT2D eigenvalue weighted by Gasteiger charge is -2.19. The fourth-order valence-electron chi connectivity index (χ4n) is 1.25. The minimum Gasteiger partial charge on any atom is -0.372 e. The Bertz CT molecular complexity index is 385. The Hall–Kier alpha value is -0.660. The summed E-state index contributed by atoms with van der Waals surface area (Å²) in [5.41, 5.74) is 0.922. The van der Waals surface area contributed by atoms with Crippen molar-refractivity contribution in [2.24, 2.45) is 0 Å². The molecule has 19 heavy (non-hydrogen) atoms. The standard InChI is InChI=1S/C12H19F3N2OS/c1-11(2,3)16-6-9-7-19-10(17-9)4-5-18-8-12(13,14)15/h7,16H,4-6,8H2,1-3H3. The van der Waals surface area contributed by atoms with Crippen LogP contribution in [0.25, 0.3) is 0 Å². The number of aromatic nitrogens is 1. The monoisotopic (exact) mass is 296 g/mol. The van der Waals surface area contributed by atoms with Crippen molar-refractivity contribution >= 4 is 11.3 Å². The Balaban J connectivity index is 2.27. The van der Waals surface area contributed by atoms with Gasteiger partial charge in [0.2, 0.25) is 0 Å². The Morgan fingerprint density at radius 3 is 2.58 bits per heavy atom. The molecule has 1 N–H and O–H groups in total. The molecule has 1 rings (SSSR count). The van der Waals surface area contributed by atoms with Crippen LogP contribution in [0, 0.1) is 0 Å². The first-order valence-corrected chi connectivity index (χ1v) is 6.86. The molecule has 0 spiro atoms. The van der Waals surface area contributed by atoms with Gasteiger partial charge in [0, 0.05) is 23.9 Å². The maximum atomic E-state index is 11.9. The van der Waals surface area contributed by atoms with E-state index in [0.29, 0.717) is 13.0 Å². The van der Waals surface area contributed by atoms with Crippen molar-refractivity contribution < 1.29 is 17.9 Å². The number of hydrogen-bond donors (Lipinski definition) is 1. The molecule has 1 heterocycles. The lowest BCUT2D eigenvalue weighted by atomic mass is 10.1. The van der Waals surface area contributed by atoms with Crippen molar-refractivity contribution in [2.45, 2.75) is 45.5 Å². The predicted octanol–water partition coefficient (Wildman–Crippen LogP) is 3.15. The summed E-state index contributed by atoms with van der Waals surface area (Å²) < 4.78 is 40.1. The molecule has 0 atom stereocenters. The van der Waals surface area contributed by atoms with Crippen LogP contribution < -0.4 is 5.32 Å². The van der Waals surface area contributed by atoms with Crippen LogP contribution in [0.4, 0.5) is 13.2 Å². The second-order valence-electron chi connectivity index (χ2n) is 5.25. The number of rotatable bonds is 6. The summed E-state index contributed by atoms with van der Waals surface area (Å²) in [4.78, 5) is 4.34. The molecular formula is C12H19F3N2OS. The number of nitrogens with one attached hydrogen (secondary N) is 1. The average molecular weight is 296 g/mol. The Labute approximate surface area is 115 Å². The van der Waals surface area contributed by atoms with E-state index in [-0.39, 0.29) is 12.1 Å². The van der Waals surface area contributed by atoms with Gasteiger partial charge in [-0.3, -0.25) is 0 Å². The van der Waals surface area contributed by atoms with Crippen LogP contribution in [0.3, 0.4) is 0 Å². The van der Waals surface area contributed by atoms with Gasteiger partial charge in [-0.05, 0) is 20.8 Å². The maximum Gasteiger partial charge on any atom is 0.411 e. The molecule has 0 fully saturated rings. The van der Waals surface area contributed by atoms with Crippen molar-refractivity contribution in [1.29, 1.82) is 0 Å². The number of alkyl halides is 3. The first-order chi connectivity index (χ1) is 8.66. The third kappa shape index (κ3) is 8.18. The van der Waals surface area contributed by atoms with E-state index in [1.807, 2.05) is 5.38 Å². The highest BCUT2D eigenvalue weighted by Gasteiger charge is 2.27. The predicted molar refractivity (Wildman–Crippen MR) is 69.3 cm³/mol. The van der Waals surface area contributed by atoms with Gasteiger partial charge in [-0.2, -0.15) is 13.2 Å². The van der Waals surface area contributed by atoms with Crippen molar-refractivity contribution in [3.8, 4) is 0 Å². The number of ether oxygens (including phenoxy) is 1. The highest BCUT2D eigenvalue weighted by molar-refractivity contribution is 7.09. The van der Waals surface area contributed by atoms with E-state index in [1.165, 1.54) is 11.3 Å². The van der Waals surface area contributed by atoms with Crippen LogP contribution in [0.15, 0.2) is 5.38 Å². The van der Waals surface area contributed by atoms with Crippen LogP contribution in [0.5, 0.6) is 0 Å². The van der Waals surface area contributed by atoms with Gasteiger partial charge in [0.15, 0.2) is 0 Å². The second-order valence-corrected chi connectivity index (χ2v) is 6.20. The molecule has 0 aliphatic carbocycles. The lowest BCUT2D eigenvalue weighted by Crippen LogP contribution is -2.35. The fourth-order valence-corrected chi connectivity index (χ4v) is 2.03. The van der Waals surface area contributed by atoms with E-state index < -0.39 is 12.8 Å². The summed E-state index contributed by atoms with van der Waals surface area (Å²) in [5, 5.41) is 6.02. The maximum absolute atomic E-state index is 11.9. The molecule has 0 saturated heterocycles. The fraction of sp³-hybridized carbons (Fsp3) is 0.750. The molecule has 0 aliphatic heterocycles. The van der Waals surface area contributed by atoms with Gasteiger partial charge in [0.1, 0.15) is 6.61 Å². The zero-order valence-corrected chi connectivity index (χ0v) is 12.1. The highest BCUT2D eigenvalue weighted by atomic mass is 32.1. The average Bonchev–Trinajstić information content (AvgIpc) is 2.67. The molecule has 0 bridgehead atoms. The van der Waals surface area contributed by atoms with E-state index in [4.69, 9.17) is 0 Å². The summed E-state index contributed by atoms with van der Waals surface area (Å²) in [6, 6.07) is 0. The SMILES string of the molecule is CC(C)(C)NCc1csc(CCOCC(F)(F)F)n1. The molecule has 110 valence electrons. The summed E-state index contributed by atoms with van der Waals surface area (Å²) in [7, 11) is 0. The molecule has 0 amide bonds. The summed E-state index contributed by atoms with van der Waals surface area (Å²) in [6.07, 6.45) is -3.85. The Kier molecular flexibility index (Phi) is 5.76. The molecular weight excluding hydrogens is 277 g/mol. The smallest absolute Gasteiger partial charge is 0.372 e. The molecule has 1 aromatic heterocycles. The minimum atomic E-state index is -4.26. The summed E-state index contributed by atoms with van der Waals surface area (Å²) >= 11 is 1.45. The van der Waals surface area contributed by atoms with Gasteiger partial charge in [0.05, 0.1) is 17.3 Å². The first kappa shape index (κ1) is 16.4. The van der Waals surface area contributed by atoms with Crippen LogP contribution in [-0.4, -0.2) is 29.9 Å². The van der Waals surface area contributed by atoms with Gasteiger partial charge in [-0.15, -0.1) is 11.3 Å². The topological polar surface area (TPSA) is 34.1 Å². The van der Waals surface area contributed by atoms with Gasteiger partial charge < -0.3 is 10.1 Å². The van der Waals surface area contributed by atoms with Crippen molar-refractivity contribution in [1.82, 2.24) is 10.3 Å². The number of hydrogen-bond acceptors (Lipinski definition) is 4. The van der Waals surface area contributed by atoms with Crippen molar-refractivity contribution in [3.63, 3.8) is 0 Å². The molecule has 0 unspecified atom stereocenters. The van der Waals surface area contributed by atoms with Crippen molar-refractivity contribution in [3.05, 3.63) is 16.1 Å². The molecule has 0 radical (unpaired) electrons. The molecule has 0 saturated carbocycles. The normalized spacial score (nSPS) is 12.9. The van der Waals surface area contributed by atoms with Crippen LogP contribution in [0.2, 0.25) is 0 Å². The molecule has 7 heteroatoms. The summed E-state index contributed by atoms with van der Waals surface area (Å²) in [5.74, 6) is 0. The number of halogens is 3. The number of nitrogens with zero attached hydrogens (tertiary/aromatic N) is 1. The Morgan fingerprint density at radius 1 is 1.32 bits per heavy atom. The zero-order chi connectivity index (χ0) is 14.5. The second kappa shape index (κ2) is 6.67.